The van der Waals surface area contributed by atoms with Crippen LogP contribution in [0, 0.1) is 0 Å². The minimum atomic E-state index is -5.20. The van der Waals surface area contributed by atoms with Crippen molar-refractivity contribution in [3.8, 4) is 0 Å². The molecule has 8 N–H and O–H groups in total. The highest BCUT2D eigenvalue weighted by atomic mass is 31.3. The van der Waals surface area contributed by atoms with Crippen LogP contribution in [0.25, 0.3) is 0 Å². The van der Waals surface area contributed by atoms with Gasteiger partial charge >= 0.3 is 27.6 Å². The van der Waals surface area contributed by atoms with Crippen molar-refractivity contribution in [2.75, 3.05) is 13.2 Å². The van der Waals surface area contributed by atoms with Crippen LogP contribution < -0.4 is 5.73 Å². The van der Waals surface area contributed by atoms with E-state index in [4.69, 9.17) is 30.3 Å². The van der Waals surface area contributed by atoms with E-state index in [0.29, 0.717) is 0 Å². The van der Waals surface area contributed by atoms with E-state index in [2.05, 4.69) is 22.7 Å². The number of carboxylic acid groups (broad SMARTS) is 1. The molecule has 4 atom stereocenters. The van der Waals surface area contributed by atoms with Gasteiger partial charge in [0.1, 0.15) is 12.1 Å². The first-order valence-electron chi connectivity index (χ1n) is 20.8. The summed E-state index contributed by atoms with van der Waals surface area (Å²) >= 11 is 0. The number of phosphoric acid groups is 2. The first-order valence-corrected chi connectivity index (χ1v) is 23.9. The highest BCUT2D eigenvalue weighted by molar-refractivity contribution is 7.60. The Balaban J connectivity index is 0. The molecule has 0 aliphatic rings. The molecule has 0 rings (SSSR count). The summed E-state index contributed by atoms with van der Waals surface area (Å²) in [5.74, 6) is -2.23. The number of hydrogen-bond acceptors (Lipinski definition) is 11. The fourth-order valence-electron chi connectivity index (χ4n) is 5.81. The Morgan fingerprint density at radius 2 is 0.945 bits per heavy atom. The van der Waals surface area contributed by atoms with E-state index < -0.39 is 59.0 Å². The first kappa shape index (κ1) is 55.8. The van der Waals surface area contributed by atoms with Crippen LogP contribution in [0.15, 0.2) is 0 Å². The maximum atomic E-state index is 12.6. The van der Waals surface area contributed by atoms with Gasteiger partial charge < -0.3 is 40.5 Å². The van der Waals surface area contributed by atoms with Gasteiger partial charge in [-0.25, -0.2) is 9.13 Å². The van der Waals surface area contributed by atoms with Crippen molar-refractivity contribution in [2.45, 2.75) is 212 Å². The first-order chi connectivity index (χ1) is 26.1. The molecule has 0 aliphatic carbocycles. The Labute approximate surface area is 330 Å². The number of carbonyl (C=O) groups excluding carboxylic acids is 2. The predicted molar refractivity (Wildman–Crippen MR) is 213 cm³/mol. The van der Waals surface area contributed by atoms with Crippen LogP contribution >= 0.6 is 15.6 Å². The molecule has 0 aromatic heterocycles. The molecular formula is C38H77NO14P2. The van der Waals surface area contributed by atoms with Crippen molar-refractivity contribution in [1.29, 1.82) is 0 Å². The number of nitrogens with two attached hydrogens (primary N) is 1. The number of carbonyl (C=O) groups is 3. The lowest BCUT2D eigenvalue weighted by molar-refractivity contribution is -0.163. The number of phosphoric ester groups is 1. The van der Waals surface area contributed by atoms with Gasteiger partial charge in [0.15, 0.2) is 11.9 Å². The quantitative estimate of drug-likeness (QED) is 0.0175. The summed E-state index contributed by atoms with van der Waals surface area (Å²) in [4.78, 5) is 60.0. The van der Waals surface area contributed by atoms with Crippen molar-refractivity contribution in [3.05, 3.63) is 0 Å². The lowest BCUT2D eigenvalue weighted by atomic mass is 10.0. The topological polar surface area (TPSA) is 260 Å². The van der Waals surface area contributed by atoms with Gasteiger partial charge in [0.25, 0.3) is 0 Å². The Morgan fingerprint density at radius 1 is 0.600 bits per heavy atom. The van der Waals surface area contributed by atoms with Crippen molar-refractivity contribution < 1.29 is 67.1 Å². The summed E-state index contributed by atoms with van der Waals surface area (Å²) in [6, 6.07) is -1.61. The molecule has 3 unspecified atom stereocenters. The van der Waals surface area contributed by atoms with Crippen LogP contribution in [0.3, 0.4) is 0 Å². The number of aliphatic hydroxyl groups excluding tert-OH is 2. The van der Waals surface area contributed by atoms with Crippen LogP contribution in [-0.2, 0) is 37.1 Å². The van der Waals surface area contributed by atoms with E-state index in [1.165, 1.54) is 128 Å². The molecule has 0 spiro atoms. The molecule has 0 aromatic carbocycles. The third-order valence-corrected chi connectivity index (χ3v) is 11.2. The second-order valence-corrected chi connectivity index (χ2v) is 17.2. The largest absolute Gasteiger partial charge is 0.481 e. The molecule has 55 heavy (non-hydrogen) atoms. The molecule has 0 radical (unpaired) electrons. The Morgan fingerprint density at radius 3 is 1.27 bits per heavy atom. The predicted octanol–water partition coefficient (Wildman–Crippen LogP) is 8.41. The lowest BCUT2D eigenvalue weighted by Gasteiger charge is -2.20. The number of unbranched alkanes of at least 4 members (excludes halogenated alkanes) is 24. The maximum absolute atomic E-state index is 12.6. The van der Waals surface area contributed by atoms with Crippen molar-refractivity contribution in [2.24, 2.45) is 5.73 Å². The SMILES string of the molecule is CCCCCCCCCCCCCCCC(=O)OC(C(=O)CCCCCCCCCCCCCCC)C(O)CO.N[C@@H](COP(=O)(O)OP(=O)(O)O)C(=O)O. The molecule has 328 valence electrons. The third-order valence-electron chi connectivity index (χ3n) is 9.07. The summed E-state index contributed by atoms with van der Waals surface area (Å²) in [6.07, 6.45) is 30.1. The van der Waals surface area contributed by atoms with E-state index in [0.717, 1.165) is 38.5 Å². The number of ketones is 1. The number of carboxylic acids is 1. The zero-order valence-electron chi connectivity index (χ0n) is 33.9. The fourth-order valence-corrected chi connectivity index (χ4v) is 7.42. The van der Waals surface area contributed by atoms with E-state index in [1.807, 2.05) is 0 Å². The van der Waals surface area contributed by atoms with E-state index in [-0.39, 0.29) is 18.6 Å². The molecule has 15 nitrogen and oxygen atoms in total. The summed E-state index contributed by atoms with van der Waals surface area (Å²) < 4.78 is 33.5. The highest BCUT2D eigenvalue weighted by Crippen LogP contribution is 2.57. The monoisotopic (exact) mass is 833 g/mol. The normalized spacial score (nSPS) is 14.3. The summed E-state index contributed by atoms with van der Waals surface area (Å²) in [6.45, 7) is 3.00. The van der Waals surface area contributed by atoms with E-state index >= 15 is 0 Å². The number of hydrogen-bond donors (Lipinski definition) is 7. The molecule has 0 amide bonds. The van der Waals surface area contributed by atoms with Gasteiger partial charge in [-0.05, 0) is 12.8 Å². The Bertz CT molecular complexity index is 1040. The molecule has 0 bridgehead atoms. The summed E-state index contributed by atoms with van der Waals surface area (Å²) in [5.41, 5.74) is 4.88. The molecular weight excluding hydrogens is 756 g/mol. The smallest absolute Gasteiger partial charge is 0.480 e. The molecule has 0 aromatic rings. The minimum Gasteiger partial charge on any atom is -0.480 e. The van der Waals surface area contributed by atoms with Crippen LogP contribution in [0.5, 0.6) is 0 Å². The second kappa shape index (κ2) is 37.0. The number of aliphatic hydroxyl groups is 2. The van der Waals surface area contributed by atoms with Gasteiger partial charge in [-0.3, -0.25) is 18.9 Å². The van der Waals surface area contributed by atoms with Crippen molar-refractivity contribution in [3.63, 3.8) is 0 Å². The van der Waals surface area contributed by atoms with E-state index in [9.17, 15) is 33.7 Å². The van der Waals surface area contributed by atoms with Gasteiger partial charge in [-0.2, -0.15) is 4.31 Å². The minimum absolute atomic E-state index is 0.262. The van der Waals surface area contributed by atoms with E-state index in [1.54, 1.807) is 0 Å². The highest BCUT2D eigenvalue weighted by Gasteiger charge is 2.33. The summed E-state index contributed by atoms with van der Waals surface area (Å²) in [5, 5.41) is 27.7. The van der Waals surface area contributed by atoms with Gasteiger partial charge in [0, 0.05) is 12.8 Å². The summed E-state index contributed by atoms with van der Waals surface area (Å²) in [7, 11) is -10.2. The maximum Gasteiger partial charge on any atom is 0.481 e. The lowest BCUT2D eigenvalue weighted by Crippen LogP contribution is -2.40. The van der Waals surface area contributed by atoms with Crippen LogP contribution in [0.4, 0.5) is 0 Å². The number of Topliss-reactive ketones (excluding diaryl/α,β-unsaturated/α-hetero) is 1. The molecule has 0 saturated heterocycles. The number of ether oxygens (including phenoxy) is 1. The molecule has 0 fully saturated rings. The molecule has 0 saturated carbocycles. The van der Waals surface area contributed by atoms with Crippen LogP contribution in [-0.4, -0.2) is 79.2 Å². The van der Waals surface area contributed by atoms with Crippen molar-refractivity contribution >= 4 is 33.4 Å². The Hall–Kier alpha value is -1.25. The third kappa shape index (κ3) is 39.4. The molecule has 0 heterocycles. The Kier molecular flexibility index (Phi) is 37.6. The fraction of sp³-hybridized carbons (Fsp3) is 0.921. The number of rotatable bonds is 38. The van der Waals surface area contributed by atoms with Gasteiger partial charge in [-0.15, -0.1) is 0 Å². The van der Waals surface area contributed by atoms with Crippen LogP contribution in [0.2, 0.25) is 0 Å². The standard InChI is InChI=1S/C35H68O5.C3H9NO9P2/c1-3-5-7-9-11-13-15-17-19-21-23-25-27-29-32(37)35(33(38)31-36)40-34(39)30-28-26-24-22-20-18-16-14-12-10-8-6-4-2;4-2(3(5)6)1-12-15(10,11)13-14(7,8)9/h33,35-36,38H,3-31H2,1-2H3;2H,1,4H2,(H,5,6)(H,10,11)(H2,7,8,9)/t;2-/m.0/s1. The van der Waals surface area contributed by atoms with Gasteiger partial charge in [0.05, 0.1) is 13.2 Å². The molecule has 17 heteroatoms. The van der Waals surface area contributed by atoms with Crippen LogP contribution in [0.1, 0.15) is 194 Å². The zero-order chi connectivity index (χ0) is 41.8. The average Bonchev–Trinajstić information content (AvgIpc) is 3.12. The van der Waals surface area contributed by atoms with Gasteiger partial charge in [0.2, 0.25) is 0 Å². The number of aliphatic carboxylic acids is 1. The number of esters is 1. The van der Waals surface area contributed by atoms with Crippen molar-refractivity contribution in [1.82, 2.24) is 0 Å². The average molecular weight is 834 g/mol. The van der Waals surface area contributed by atoms with Gasteiger partial charge in [-0.1, -0.05) is 168 Å². The second-order valence-electron chi connectivity index (χ2n) is 14.4. The molecule has 0 aliphatic heterocycles. The zero-order valence-corrected chi connectivity index (χ0v) is 35.7.